The molecule has 0 aliphatic carbocycles. The molecule has 1 saturated heterocycles. The first-order valence-electron chi connectivity index (χ1n) is 7.11. The van der Waals surface area contributed by atoms with E-state index >= 15 is 0 Å². The van der Waals surface area contributed by atoms with Crippen LogP contribution in [0.4, 0.5) is 0 Å². The molecule has 1 aliphatic heterocycles. The Kier molecular flexibility index (Phi) is 5.44. The van der Waals surface area contributed by atoms with Gasteiger partial charge >= 0.3 is 5.97 Å². The minimum atomic E-state index is -0.806. The Balaban J connectivity index is 1.85. The zero-order chi connectivity index (χ0) is 17.0. The molecule has 0 spiro atoms. The van der Waals surface area contributed by atoms with Gasteiger partial charge in [-0.2, -0.15) is 0 Å². The lowest BCUT2D eigenvalue weighted by atomic mass is 9.96. The first kappa shape index (κ1) is 17.1. The summed E-state index contributed by atoms with van der Waals surface area (Å²) in [6.45, 7) is 0.370. The van der Waals surface area contributed by atoms with Gasteiger partial charge in [0.25, 0.3) is 5.91 Å². The number of amides is 2. The first-order valence-corrected chi connectivity index (χ1v) is 7.49. The van der Waals surface area contributed by atoms with Crippen LogP contribution >= 0.6 is 11.6 Å². The Morgan fingerprint density at radius 2 is 1.96 bits per heavy atom. The second-order valence-corrected chi connectivity index (χ2v) is 5.73. The zero-order valence-electron chi connectivity index (χ0n) is 12.3. The molecule has 0 bridgehead atoms. The highest BCUT2D eigenvalue weighted by atomic mass is 35.5. The number of nitrogens with two attached hydrogens (primary N) is 1. The van der Waals surface area contributed by atoms with Crippen molar-refractivity contribution in [3.8, 4) is 5.75 Å². The van der Waals surface area contributed by atoms with Crippen molar-refractivity contribution >= 4 is 29.4 Å². The fourth-order valence-electron chi connectivity index (χ4n) is 2.39. The third kappa shape index (κ3) is 4.35. The number of carbonyl (C=O) groups is 3. The van der Waals surface area contributed by atoms with Gasteiger partial charge in [-0.3, -0.25) is 9.59 Å². The second kappa shape index (κ2) is 7.32. The highest BCUT2D eigenvalue weighted by Gasteiger charge is 2.26. The number of aromatic hydroxyl groups is 1. The summed E-state index contributed by atoms with van der Waals surface area (Å²) in [6.07, 6.45) is 1.01. The van der Waals surface area contributed by atoms with Crippen LogP contribution in [0.3, 0.4) is 0 Å². The van der Waals surface area contributed by atoms with E-state index in [1.54, 1.807) is 0 Å². The van der Waals surface area contributed by atoms with E-state index in [2.05, 4.69) is 0 Å². The SMILES string of the molecule is NC(=O)C1CCN(C(=O)COC(=O)c2ccc(Cl)cc2O)CC1. The van der Waals surface area contributed by atoms with Gasteiger partial charge in [0.05, 0.1) is 0 Å². The maximum Gasteiger partial charge on any atom is 0.342 e. The van der Waals surface area contributed by atoms with E-state index in [1.807, 2.05) is 0 Å². The molecular weight excluding hydrogens is 324 g/mol. The summed E-state index contributed by atoms with van der Waals surface area (Å²) < 4.78 is 4.91. The highest BCUT2D eigenvalue weighted by Crippen LogP contribution is 2.22. The van der Waals surface area contributed by atoms with Gasteiger partial charge in [-0.1, -0.05) is 11.6 Å². The molecule has 23 heavy (non-hydrogen) atoms. The number of hydrogen-bond acceptors (Lipinski definition) is 5. The lowest BCUT2D eigenvalue weighted by Crippen LogP contribution is -2.43. The Morgan fingerprint density at radius 1 is 1.30 bits per heavy atom. The molecule has 0 aromatic heterocycles. The third-order valence-electron chi connectivity index (χ3n) is 3.76. The number of primary amides is 1. The molecule has 0 atom stereocenters. The van der Waals surface area contributed by atoms with Crippen LogP contribution in [0.5, 0.6) is 5.75 Å². The first-order chi connectivity index (χ1) is 10.9. The molecule has 1 fully saturated rings. The summed E-state index contributed by atoms with van der Waals surface area (Å²) in [6, 6.07) is 3.98. The van der Waals surface area contributed by atoms with Crippen LogP contribution in [-0.4, -0.2) is 47.5 Å². The van der Waals surface area contributed by atoms with Gasteiger partial charge in [0.2, 0.25) is 5.91 Å². The molecule has 1 aromatic carbocycles. The summed E-state index contributed by atoms with van der Waals surface area (Å²) in [4.78, 5) is 36.4. The number of piperidine rings is 1. The summed E-state index contributed by atoms with van der Waals surface area (Å²) in [7, 11) is 0. The standard InChI is InChI=1S/C15H17ClN2O5/c16-10-1-2-11(12(19)7-10)15(22)23-8-13(20)18-5-3-9(4-6-18)14(17)21/h1-2,7,9,19H,3-6,8H2,(H2,17,21). The fourth-order valence-corrected chi connectivity index (χ4v) is 2.55. The molecule has 0 saturated carbocycles. The van der Waals surface area contributed by atoms with Crippen LogP contribution < -0.4 is 5.73 Å². The van der Waals surface area contributed by atoms with Crippen LogP contribution in [0.25, 0.3) is 0 Å². The third-order valence-corrected chi connectivity index (χ3v) is 3.99. The number of phenolic OH excluding ortho intramolecular Hbond substituents is 1. The van der Waals surface area contributed by atoms with Crippen LogP contribution in [0, 0.1) is 5.92 Å². The lowest BCUT2D eigenvalue weighted by Gasteiger charge is -2.30. The van der Waals surface area contributed by atoms with Crippen molar-refractivity contribution in [3.63, 3.8) is 0 Å². The van der Waals surface area contributed by atoms with Gasteiger partial charge in [0.15, 0.2) is 6.61 Å². The number of likely N-dealkylation sites (tertiary alicyclic amines) is 1. The van der Waals surface area contributed by atoms with E-state index in [-0.39, 0.29) is 34.1 Å². The average Bonchev–Trinajstić information content (AvgIpc) is 2.52. The van der Waals surface area contributed by atoms with Gasteiger partial charge in [0.1, 0.15) is 11.3 Å². The van der Waals surface area contributed by atoms with Crippen LogP contribution in [0.2, 0.25) is 5.02 Å². The molecule has 2 rings (SSSR count). The molecule has 8 heteroatoms. The molecule has 1 aliphatic rings. The lowest BCUT2D eigenvalue weighted by molar-refractivity contribution is -0.137. The molecular formula is C15H17ClN2O5. The van der Waals surface area contributed by atoms with Gasteiger partial charge in [-0.05, 0) is 31.0 Å². The zero-order valence-corrected chi connectivity index (χ0v) is 13.1. The average molecular weight is 341 g/mol. The fraction of sp³-hybridized carbons (Fsp3) is 0.400. The van der Waals surface area contributed by atoms with E-state index in [9.17, 15) is 19.5 Å². The summed E-state index contributed by atoms with van der Waals surface area (Å²) in [5, 5.41) is 9.92. The summed E-state index contributed by atoms with van der Waals surface area (Å²) in [5.74, 6) is -2.04. The predicted octanol–water partition coefficient (Wildman–Crippen LogP) is 0.926. The smallest absolute Gasteiger partial charge is 0.342 e. The Hall–Kier alpha value is -2.28. The van der Waals surface area contributed by atoms with Crippen molar-refractivity contribution in [2.24, 2.45) is 11.7 Å². The predicted molar refractivity (Wildman–Crippen MR) is 81.9 cm³/mol. The quantitative estimate of drug-likeness (QED) is 0.792. The minimum Gasteiger partial charge on any atom is -0.507 e. The molecule has 0 radical (unpaired) electrons. The van der Waals surface area contributed by atoms with Crippen molar-refractivity contribution in [1.82, 2.24) is 4.90 Å². The van der Waals surface area contributed by atoms with E-state index in [0.29, 0.717) is 25.9 Å². The van der Waals surface area contributed by atoms with Crippen LogP contribution in [-0.2, 0) is 14.3 Å². The van der Waals surface area contributed by atoms with Crippen molar-refractivity contribution in [3.05, 3.63) is 28.8 Å². The monoisotopic (exact) mass is 340 g/mol. The molecule has 7 nitrogen and oxygen atoms in total. The van der Waals surface area contributed by atoms with E-state index in [1.165, 1.54) is 23.1 Å². The molecule has 1 aromatic rings. The van der Waals surface area contributed by atoms with Gasteiger partial charge in [0, 0.05) is 24.0 Å². The number of phenols is 1. The normalized spacial score (nSPS) is 15.3. The maximum absolute atomic E-state index is 12.0. The number of halogens is 1. The largest absolute Gasteiger partial charge is 0.507 e. The van der Waals surface area contributed by atoms with Gasteiger partial charge < -0.3 is 20.5 Å². The molecule has 1 heterocycles. The topological polar surface area (TPSA) is 110 Å². The summed E-state index contributed by atoms with van der Waals surface area (Å²) in [5.41, 5.74) is 5.17. The van der Waals surface area contributed by atoms with Crippen molar-refractivity contribution in [2.45, 2.75) is 12.8 Å². The number of nitrogens with zero attached hydrogens (tertiary/aromatic N) is 1. The Labute approximate surface area is 138 Å². The van der Waals surface area contributed by atoms with Crippen molar-refractivity contribution in [1.29, 1.82) is 0 Å². The number of esters is 1. The molecule has 2 amide bonds. The molecule has 3 N–H and O–H groups in total. The maximum atomic E-state index is 12.0. The van der Waals surface area contributed by atoms with E-state index in [0.717, 1.165) is 0 Å². The molecule has 0 unspecified atom stereocenters. The van der Waals surface area contributed by atoms with Crippen molar-refractivity contribution < 1.29 is 24.2 Å². The molecule has 124 valence electrons. The van der Waals surface area contributed by atoms with Gasteiger partial charge in [-0.15, -0.1) is 0 Å². The van der Waals surface area contributed by atoms with Gasteiger partial charge in [-0.25, -0.2) is 4.79 Å². The Morgan fingerprint density at radius 3 is 2.52 bits per heavy atom. The Bertz CT molecular complexity index is 626. The minimum absolute atomic E-state index is 0.0605. The summed E-state index contributed by atoms with van der Waals surface area (Å²) >= 11 is 5.68. The van der Waals surface area contributed by atoms with Crippen LogP contribution in [0.15, 0.2) is 18.2 Å². The van der Waals surface area contributed by atoms with E-state index in [4.69, 9.17) is 22.1 Å². The number of rotatable bonds is 4. The number of carbonyl (C=O) groups excluding carboxylic acids is 3. The second-order valence-electron chi connectivity index (χ2n) is 5.30. The van der Waals surface area contributed by atoms with E-state index < -0.39 is 12.6 Å². The highest BCUT2D eigenvalue weighted by molar-refractivity contribution is 6.30. The van der Waals surface area contributed by atoms with Crippen LogP contribution in [0.1, 0.15) is 23.2 Å². The number of hydrogen-bond donors (Lipinski definition) is 2. The number of benzene rings is 1. The van der Waals surface area contributed by atoms with Crippen molar-refractivity contribution in [2.75, 3.05) is 19.7 Å². The number of ether oxygens (including phenoxy) is 1.